The third-order valence-electron chi connectivity index (χ3n) is 3.43. The Morgan fingerprint density at radius 2 is 2.12 bits per heavy atom. The Balaban J connectivity index is 1.78. The fourth-order valence-corrected chi connectivity index (χ4v) is 2.16. The van der Waals surface area contributed by atoms with Crippen molar-refractivity contribution in [1.82, 2.24) is 15.1 Å². The topological polar surface area (TPSA) is 29.9 Å². The maximum atomic E-state index is 4.30. The fourth-order valence-electron chi connectivity index (χ4n) is 2.16. The quantitative estimate of drug-likeness (QED) is 0.869. The zero-order valence-electron chi connectivity index (χ0n) is 9.84. The molecule has 2 aromatic rings. The Morgan fingerprint density at radius 3 is 2.82 bits per heavy atom. The lowest BCUT2D eigenvalue weighted by Crippen LogP contribution is -2.34. The first-order valence-corrected chi connectivity index (χ1v) is 6.25. The lowest BCUT2D eigenvalue weighted by Gasteiger charge is -2.27. The number of nitrogens with zero attached hydrogens (tertiary/aromatic N) is 2. The number of rotatable bonds is 4. The van der Waals surface area contributed by atoms with Crippen LogP contribution in [-0.2, 0) is 6.54 Å². The van der Waals surface area contributed by atoms with E-state index >= 15 is 0 Å². The van der Waals surface area contributed by atoms with Crippen molar-refractivity contribution < 1.29 is 0 Å². The number of aromatic nitrogens is 2. The van der Waals surface area contributed by atoms with Gasteiger partial charge in [-0.1, -0.05) is 24.6 Å². The molecular weight excluding hydrogens is 210 g/mol. The summed E-state index contributed by atoms with van der Waals surface area (Å²) in [7, 11) is 0. The van der Waals surface area contributed by atoms with Gasteiger partial charge in [0.05, 0.1) is 5.69 Å². The smallest absolute Gasteiger partial charge is 0.0690 e. The van der Waals surface area contributed by atoms with Crippen LogP contribution in [0.4, 0.5) is 0 Å². The summed E-state index contributed by atoms with van der Waals surface area (Å²) in [5.41, 5.74) is 2.48. The number of benzene rings is 1. The molecule has 3 rings (SSSR count). The summed E-state index contributed by atoms with van der Waals surface area (Å²) in [4.78, 5) is 0. The second-order valence-corrected chi connectivity index (χ2v) is 4.59. The second-order valence-electron chi connectivity index (χ2n) is 4.59. The van der Waals surface area contributed by atoms with Crippen LogP contribution in [0.3, 0.4) is 0 Å². The van der Waals surface area contributed by atoms with E-state index in [1.54, 1.807) is 0 Å². The molecule has 0 bridgehead atoms. The van der Waals surface area contributed by atoms with E-state index in [1.807, 2.05) is 23.1 Å². The van der Waals surface area contributed by atoms with Crippen LogP contribution in [0, 0.1) is 0 Å². The minimum absolute atomic E-state index is 0.723. The monoisotopic (exact) mass is 227 g/mol. The highest BCUT2D eigenvalue weighted by Gasteiger charge is 2.16. The Morgan fingerprint density at radius 1 is 1.24 bits per heavy atom. The third-order valence-corrected chi connectivity index (χ3v) is 3.43. The lowest BCUT2D eigenvalue weighted by atomic mass is 9.93. The summed E-state index contributed by atoms with van der Waals surface area (Å²) in [6.45, 7) is 0.931. The van der Waals surface area contributed by atoms with Gasteiger partial charge in [-0.25, -0.2) is 4.68 Å². The summed E-state index contributed by atoms with van der Waals surface area (Å²) in [6.07, 6.45) is 7.82. The lowest BCUT2D eigenvalue weighted by molar-refractivity contribution is 0.338. The Labute approximate surface area is 101 Å². The van der Waals surface area contributed by atoms with Gasteiger partial charge < -0.3 is 5.32 Å². The molecule has 3 heteroatoms. The molecule has 17 heavy (non-hydrogen) atoms. The highest BCUT2D eigenvalue weighted by atomic mass is 15.3. The summed E-state index contributed by atoms with van der Waals surface area (Å²) in [5.74, 6) is 0. The van der Waals surface area contributed by atoms with Crippen molar-refractivity contribution in [2.45, 2.75) is 31.8 Å². The van der Waals surface area contributed by atoms with E-state index in [0.717, 1.165) is 12.6 Å². The third kappa shape index (κ3) is 2.24. The molecule has 1 aliphatic rings. The highest BCUT2D eigenvalue weighted by Crippen LogP contribution is 2.20. The van der Waals surface area contributed by atoms with Gasteiger partial charge in [-0.2, -0.15) is 5.10 Å². The van der Waals surface area contributed by atoms with Gasteiger partial charge in [0, 0.05) is 25.0 Å². The standard InChI is InChI=1S/C14H17N3/c1-2-8-14(17-10-4-9-16-17)12(5-1)11-15-13-6-3-7-13/h1-2,4-5,8-10,13,15H,3,6-7,11H2. The van der Waals surface area contributed by atoms with Gasteiger partial charge in [-0.3, -0.25) is 0 Å². The summed E-state index contributed by atoms with van der Waals surface area (Å²) < 4.78 is 1.93. The van der Waals surface area contributed by atoms with Crippen LogP contribution in [0.5, 0.6) is 0 Å². The van der Waals surface area contributed by atoms with Gasteiger partial charge in [0.25, 0.3) is 0 Å². The Kier molecular flexibility index (Phi) is 2.92. The summed E-state index contributed by atoms with van der Waals surface area (Å²) in [5, 5.41) is 7.89. The molecule has 0 aliphatic heterocycles. The number of hydrogen-bond acceptors (Lipinski definition) is 2. The van der Waals surface area contributed by atoms with Crippen molar-refractivity contribution in [2.75, 3.05) is 0 Å². The van der Waals surface area contributed by atoms with Gasteiger partial charge >= 0.3 is 0 Å². The van der Waals surface area contributed by atoms with Crippen molar-refractivity contribution in [3.05, 3.63) is 48.3 Å². The molecule has 1 N–H and O–H groups in total. The predicted octanol–water partition coefficient (Wildman–Crippen LogP) is 2.51. The SMILES string of the molecule is c1ccc(-n2cccn2)c(CNC2CCC2)c1. The van der Waals surface area contributed by atoms with Crippen LogP contribution >= 0.6 is 0 Å². The van der Waals surface area contributed by atoms with E-state index in [4.69, 9.17) is 0 Å². The molecular formula is C14H17N3. The second kappa shape index (κ2) is 4.72. The molecule has 1 aromatic carbocycles. The zero-order chi connectivity index (χ0) is 11.5. The molecule has 0 saturated heterocycles. The minimum atomic E-state index is 0.723. The number of hydrogen-bond donors (Lipinski definition) is 1. The van der Waals surface area contributed by atoms with E-state index in [1.165, 1.54) is 30.5 Å². The summed E-state index contributed by atoms with van der Waals surface area (Å²) in [6, 6.07) is 11.1. The zero-order valence-corrected chi connectivity index (χ0v) is 9.84. The largest absolute Gasteiger partial charge is 0.310 e. The van der Waals surface area contributed by atoms with Gasteiger partial charge in [0.15, 0.2) is 0 Å². The molecule has 1 heterocycles. The average Bonchev–Trinajstić information content (AvgIpc) is 2.81. The molecule has 88 valence electrons. The molecule has 1 saturated carbocycles. The van der Waals surface area contributed by atoms with Gasteiger partial charge in [-0.05, 0) is 30.5 Å². The molecule has 0 radical (unpaired) electrons. The van der Waals surface area contributed by atoms with E-state index in [2.05, 4.69) is 34.7 Å². The molecule has 0 atom stereocenters. The van der Waals surface area contributed by atoms with Gasteiger partial charge in [0.1, 0.15) is 0 Å². The van der Waals surface area contributed by atoms with Gasteiger partial charge in [0.2, 0.25) is 0 Å². The highest BCUT2D eigenvalue weighted by molar-refractivity contribution is 5.40. The fraction of sp³-hybridized carbons (Fsp3) is 0.357. The number of nitrogens with one attached hydrogen (secondary N) is 1. The minimum Gasteiger partial charge on any atom is -0.310 e. The normalized spacial score (nSPS) is 15.8. The number of para-hydroxylation sites is 1. The van der Waals surface area contributed by atoms with Crippen molar-refractivity contribution in [1.29, 1.82) is 0 Å². The summed E-state index contributed by atoms with van der Waals surface area (Å²) >= 11 is 0. The first-order valence-electron chi connectivity index (χ1n) is 6.25. The van der Waals surface area contributed by atoms with Crippen molar-refractivity contribution in [3.8, 4) is 5.69 Å². The van der Waals surface area contributed by atoms with Crippen LogP contribution < -0.4 is 5.32 Å². The first kappa shape index (κ1) is 10.5. The average molecular weight is 227 g/mol. The van der Waals surface area contributed by atoms with Crippen molar-refractivity contribution in [2.24, 2.45) is 0 Å². The van der Waals surface area contributed by atoms with E-state index in [9.17, 15) is 0 Å². The Hall–Kier alpha value is -1.61. The maximum absolute atomic E-state index is 4.30. The maximum Gasteiger partial charge on any atom is 0.0690 e. The molecule has 0 amide bonds. The molecule has 1 fully saturated rings. The molecule has 0 spiro atoms. The molecule has 3 nitrogen and oxygen atoms in total. The van der Waals surface area contributed by atoms with Crippen LogP contribution in [0.1, 0.15) is 24.8 Å². The van der Waals surface area contributed by atoms with Crippen LogP contribution in [0.2, 0.25) is 0 Å². The molecule has 1 aromatic heterocycles. The van der Waals surface area contributed by atoms with E-state index in [-0.39, 0.29) is 0 Å². The van der Waals surface area contributed by atoms with Crippen molar-refractivity contribution in [3.63, 3.8) is 0 Å². The Bertz CT molecular complexity index is 472. The van der Waals surface area contributed by atoms with Crippen LogP contribution in [0.25, 0.3) is 5.69 Å². The van der Waals surface area contributed by atoms with Crippen molar-refractivity contribution >= 4 is 0 Å². The first-order chi connectivity index (χ1) is 8.43. The van der Waals surface area contributed by atoms with Crippen LogP contribution in [-0.4, -0.2) is 15.8 Å². The molecule has 1 aliphatic carbocycles. The predicted molar refractivity (Wildman–Crippen MR) is 68.0 cm³/mol. The van der Waals surface area contributed by atoms with Gasteiger partial charge in [-0.15, -0.1) is 0 Å². The van der Waals surface area contributed by atoms with E-state index in [0.29, 0.717) is 0 Å². The van der Waals surface area contributed by atoms with E-state index < -0.39 is 0 Å². The molecule has 0 unspecified atom stereocenters. The van der Waals surface area contributed by atoms with Crippen LogP contribution in [0.15, 0.2) is 42.7 Å².